The molecule has 0 bridgehead atoms. The predicted molar refractivity (Wildman–Crippen MR) is 144 cm³/mol. The highest BCUT2D eigenvalue weighted by atomic mass is 28.4. The molecule has 1 N–H and O–H groups in total. The molecule has 4 heteroatoms. The summed E-state index contributed by atoms with van der Waals surface area (Å²) in [5.74, 6) is 0. The fourth-order valence-corrected chi connectivity index (χ4v) is 9.14. The van der Waals surface area contributed by atoms with Gasteiger partial charge in [0.2, 0.25) is 0 Å². The first-order chi connectivity index (χ1) is 16.4. The van der Waals surface area contributed by atoms with Crippen LogP contribution in [0, 0.1) is 0 Å². The summed E-state index contributed by atoms with van der Waals surface area (Å²) in [5.41, 5.74) is 1.11. The number of benzene rings is 3. The van der Waals surface area contributed by atoms with Gasteiger partial charge in [0.1, 0.15) is 0 Å². The Morgan fingerprint density at radius 3 is 1.82 bits per heavy atom. The van der Waals surface area contributed by atoms with Crippen molar-refractivity contribution in [2.75, 3.05) is 6.61 Å². The number of hydrogen-bond acceptors (Lipinski definition) is 3. The predicted octanol–water partition coefficient (Wildman–Crippen LogP) is 5.48. The Morgan fingerprint density at radius 2 is 1.35 bits per heavy atom. The second-order valence-corrected chi connectivity index (χ2v) is 14.1. The van der Waals surface area contributed by atoms with Gasteiger partial charge in [0.25, 0.3) is 8.32 Å². The smallest absolute Gasteiger partial charge is 0.261 e. The zero-order chi connectivity index (χ0) is 24.4. The van der Waals surface area contributed by atoms with E-state index in [2.05, 4.69) is 88.0 Å². The van der Waals surface area contributed by atoms with Crippen LogP contribution < -0.4 is 10.4 Å². The maximum atomic E-state index is 10.5. The minimum atomic E-state index is -2.67. The lowest BCUT2D eigenvalue weighted by atomic mass is 10.1. The molecule has 0 aromatic heterocycles. The Kier molecular flexibility index (Phi) is 9.42. The summed E-state index contributed by atoms with van der Waals surface area (Å²) >= 11 is 0. The Labute approximate surface area is 206 Å². The van der Waals surface area contributed by atoms with Gasteiger partial charge in [-0.3, -0.25) is 0 Å². The molecule has 0 saturated heterocycles. The van der Waals surface area contributed by atoms with Crippen molar-refractivity contribution < 1.29 is 14.3 Å². The Balaban J connectivity index is 1.92. The Bertz CT molecular complexity index is 944. The first kappa shape index (κ1) is 26.1. The number of aliphatic hydroxyl groups is 1. The molecule has 3 rings (SSSR count). The van der Waals surface area contributed by atoms with Crippen LogP contribution in [0.25, 0.3) is 0 Å². The van der Waals surface area contributed by atoms with Gasteiger partial charge >= 0.3 is 0 Å². The molecule has 3 nitrogen and oxygen atoms in total. The minimum Gasteiger partial charge on any atom is -0.405 e. The van der Waals surface area contributed by atoms with Crippen molar-refractivity contribution in [1.29, 1.82) is 0 Å². The van der Waals surface area contributed by atoms with Gasteiger partial charge in [0.15, 0.2) is 0 Å². The topological polar surface area (TPSA) is 38.7 Å². The van der Waals surface area contributed by atoms with Crippen molar-refractivity contribution in [2.45, 2.75) is 57.5 Å². The van der Waals surface area contributed by atoms with Crippen LogP contribution in [0.5, 0.6) is 0 Å². The van der Waals surface area contributed by atoms with Crippen LogP contribution >= 0.6 is 0 Å². The van der Waals surface area contributed by atoms with Crippen molar-refractivity contribution in [2.24, 2.45) is 0 Å². The van der Waals surface area contributed by atoms with Crippen molar-refractivity contribution >= 4 is 18.7 Å². The molecule has 2 atom stereocenters. The fourth-order valence-electron chi connectivity index (χ4n) is 4.54. The number of aliphatic hydroxyl groups excluding tert-OH is 1. The second-order valence-electron chi connectivity index (χ2n) is 9.81. The van der Waals surface area contributed by atoms with Crippen LogP contribution in [0.15, 0.2) is 104 Å². The first-order valence-electron chi connectivity index (χ1n) is 12.1. The van der Waals surface area contributed by atoms with Crippen LogP contribution in [-0.2, 0) is 15.8 Å². The van der Waals surface area contributed by atoms with Crippen LogP contribution in [-0.4, -0.2) is 32.2 Å². The first-order valence-corrected chi connectivity index (χ1v) is 14.0. The summed E-state index contributed by atoms with van der Waals surface area (Å²) in [6.07, 6.45) is 2.03. The lowest BCUT2D eigenvalue weighted by molar-refractivity contribution is -0.0217. The molecule has 0 aliphatic carbocycles. The molecular weight excluding hydrogens is 436 g/mol. The SMILES string of the molecule is C=CC[C@H](O)C[C@H](CO[Si](c1ccccc1)(c1ccccc1)C(C)(C)C)OCc1ccccc1. The van der Waals surface area contributed by atoms with E-state index in [1.165, 1.54) is 10.4 Å². The molecule has 3 aromatic rings. The third-order valence-electron chi connectivity index (χ3n) is 6.20. The van der Waals surface area contributed by atoms with Gasteiger partial charge in [-0.25, -0.2) is 0 Å². The molecule has 0 fully saturated rings. The van der Waals surface area contributed by atoms with E-state index in [1.807, 2.05) is 30.3 Å². The average Bonchev–Trinajstić information content (AvgIpc) is 2.84. The van der Waals surface area contributed by atoms with Crippen molar-refractivity contribution in [3.8, 4) is 0 Å². The quantitative estimate of drug-likeness (QED) is 0.279. The molecule has 0 heterocycles. The summed E-state index contributed by atoms with van der Waals surface area (Å²) in [4.78, 5) is 0. The van der Waals surface area contributed by atoms with E-state index in [4.69, 9.17) is 9.16 Å². The molecular formula is C30H38O3Si. The molecule has 0 radical (unpaired) electrons. The van der Waals surface area contributed by atoms with E-state index in [9.17, 15) is 5.11 Å². The maximum absolute atomic E-state index is 10.5. The summed E-state index contributed by atoms with van der Waals surface area (Å²) < 4.78 is 13.4. The van der Waals surface area contributed by atoms with E-state index in [-0.39, 0.29) is 11.1 Å². The highest BCUT2D eigenvalue weighted by Gasteiger charge is 2.50. The summed E-state index contributed by atoms with van der Waals surface area (Å²) in [6.45, 7) is 11.5. The van der Waals surface area contributed by atoms with Crippen LogP contribution in [0.3, 0.4) is 0 Å². The van der Waals surface area contributed by atoms with Crippen molar-refractivity contribution in [1.82, 2.24) is 0 Å². The average molecular weight is 475 g/mol. The van der Waals surface area contributed by atoms with Gasteiger partial charge in [-0.05, 0) is 27.4 Å². The molecule has 0 saturated carbocycles. The molecule has 0 aliphatic rings. The normalized spacial score (nSPS) is 13.9. The molecule has 0 unspecified atom stereocenters. The van der Waals surface area contributed by atoms with Gasteiger partial charge in [-0.15, -0.1) is 6.58 Å². The largest absolute Gasteiger partial charge is 0.405 e. The van der Waals surface area contributed by atoms with Crippen molar-refractivity contribution in [3.63, 3.8) is 0 Å². The van der Waals surface area contributed by atoms with Crippen LogP contribution in [0.2, 0.25) is 5.04 Å². The number of ether oxygens (including phenoxy) is 1. The van der Waals surface area contributed by atoms with Crippen LogP contribution in [0.1, 0.15) is 39.2 Å². The molecule has 34 heavy (non-hydrogen) atoms. The minimum absolute atomic E-state index is 0.112. The third-order valence-corrected chi connectivity index (χ3v) is 11.2. The molecule has 180 valence electrons. The van der Waals surface area contributed by atoms with Gasteiger partial charge in [0, 0.05) is 6.42 Å². The lowest BCUT2D eigenvalue weighted by Crippen LogP contribution is -2.67. The molecule has 3 aromatic carbocycles. The highest BCUT2D eigenvalue weighted by Crippen LogP contribution is 2.37. The summed E-state index contributed by atoms with van der Waals surface area (Å²) in [7, 11) is -2.67. The second kappa shape index (κ2) is 12.3. The molecule has 0 amide bonds. The van der Waals surface area contributed by atoms with Gasteiger partial charge in [-0.1, -0.05) is 118 Å². The summed E-state index contributed by atoms with van der Waals surface area (Å²) in [6, 6.07) is 31.4. The maximum Gasteiger partial charge on any atom is 0.261 e. The zero-order valence-corrected chi connectivity index (χ0v) is 21.7. The Morgan fingerprint density at radius 1 is 0.853 bits per heavy atom. The van der Waals surface area contributed by atoms with Crippen LogP contribution in [0.4, 0.5) is 0 Å². The van der Waals surface area contributed by atoms with Gasteiger partial charge in [-0.2, -0.15) is 0 Å². The lowest BCUT2D eigenvalue weighted by Gasteiger charge is -2.43. The van der Waals surface area contributed by atoms with E-state index >= 15 is 0 Å². The number of hydrogen-bond donors (Lipinski definition) is 1. The fraction of sp³-hybridized carbons (Fsp3) is 0.333. The standard InChI is InChI=1S/C30H38O3Si/c1-5-15-26(31)22-27(32-23-25-16-9-6-10-17-25)24-33-34(30(2,3)4,28-18-11-7-12-19-28)29-20-13-8-14-21-29/h5-14,16-21,26-27,31H,1,15,22-24H2,2-4H3/t26-,27+/m0/s1. The van der Waals surface area contributed by atoms with E-state index in [0.29, 0.717) is 26.1 Å². The molecule has 0 spiro atoms. The Hall–Kier alpha value is -2.50. The zero-order valence-electron chi connectivity index (χ0n) is 20.7. The molecule has 0 aliphatic heterocycles. The van der Waals surface area contributed by atoms with Gasteiger partial charge < -0.3 is 14.3 Å². The third kappa shape index (κ3) is 6.54. The highest BCUT2D eigenvalue weighted by molar-refractivity contribution is 6.99. The van der Waals surface area contributed by atoms with E-state index in [0.717, 1.165) is 5.56 Å². The van der Waals surface area contributed by atoms with Crippen molar-refractivity contribution in [3.05, 3.63) is 109 Å². The van der Waals surface area contributed by atoms with E-state index < -0.39 is 14.4 Å². The number of rotatable bonds is 12. The van der Waals surface area contributed by atoms with E-state index in [1.54, 1.807) is 6.08 Å². The summed E-state index contributed by atoms with van der Waals surface area (Å²) in [5, 5.41) is 12.9. The van der Waals surface area contributed by atoms with Gasteiger partial charge in [0.05, 0.1) is 25.4 Å². The monoisotopic (exact) mass is 474 g/mol.